The van der Waals surface area contributed by atoms with E-state index in [0.717, 1.165) is 5.56 Å². The first-order valence-corrected chi connectivity index (χ1v) is 8.02. The van der Waals surface area contributed by atoms with Gasteiger partial charge in [-0.05, 0) is 42.8 Å². The molecule has 0 saturated carbocycles. The number of halogens is 2. The molecule has 7 heteroatoms. The number of urea groups is 1. The second kappa shape index (κ2) is 8.66. The number of aryl methyl sites for hydroxylation is 1. The van der Waals surface area contributed by atoms with Gasteiger partial charge < -0.3 is 20.1 Å². The minimum absolute atomic E-state index is 0.306. The number of hydrogen-bond donors (Lipinski definition) is 2. The second-order valence-corrected chi connectivity index (χ2v) is 5.83. The quantitative estimate of drug-likeness (QED) is 0.737. The van der Waals surface area contributed by atoms with Crippen LogP contribution in [0, 0.1) is 6.92 Å². The predicted molar refractivity (Wildman–Crippen MR) is 96.7 cm³/mol. The molecule has 5 nitrogen and oxygen atoms in total. The van der Waals surface area contributed by atoms with Crippen molar-refractivity contribution in [2.45, 2.75) is 6.92 Å². The molecule has 0 aliphatic heterocycles. The van der Waals surface area contributed by atoms with Crippen molar-refractivity contribution in [1.29, 1.82) is 0 Å². The van der Waals surface area contributed by atoms with Crippen LogP contribution in [0.2, 0.25) is 10.0 Å². The van der Waals surface area contributed by atoms with Gasteiger partial charge in [0, 0.05) is 5.69 Å². The molecule has 0 atom stereocenters. The number of carbonyl (C=O) groups excluding carboxylic acids is 1. The third-order valence-corrected chi connectivity index (χ3v) is 3.75. The zero-order valence-electron chi connectivity index (χ0n) is 13.4. The molecule has 0 radical (unpaired) electrons. The number of hydrogen-bond acceptors (Lipinski definition) is 3. The number of rotatable bonds is 6. The van der Waals surface area contributed by atoms with Gasteiger partial charge >= 0.3 is 6.03 Å². The Morgan fingerprint density at radius 3 is 2.58 bits per heavy atom. The number of amides is 2. The predicted octanol–water partition coefficient (Wildman–Crippen LogP) is 4.51. The van der Waals surface area contributed by atoms with Crippen LogP contribution in [-0.4, -0.2) is 26.3 Å². The topological polar surface area (TPSA) is 59.6 Å². The lowest BCUT2D eigenvalue weighted by Crippen LogP contribution is -2.32. The first-order chi connectivity index (χ1) is 11.5. The molecule has 0 saturated heterocycles. The summed E-state index contributed by atoms with van der Waals surface area (Å²) in [5, 5.41) is 6.34. The molecule has 2 N–H and O–H groups in total. The zero-order chi connectivity index (χ0) is 17.5. The lowest BCUT2D eigenvalue weighted by Gasteiger charge is -2.11. The van der Waals surface area contributed by atoms with E-state index < -0.39 is 0 Å². The van der Waals surface area contributed by atoms with Gasteiger partial charge in [-0.25, -0.2) is 4.79 Å². The number of carbonyl (C=O) groups is 1. The van der Waals surface area contributed by atoms with Crippen LogP contribution in [-0.2, 0) is 0 Å². The Hall–Kier alpha value is -2.11. The zero-order valence-corrected chi connectivity index (χ0v) is 14.9. The van der Waals surface area contributed by atoms with Crippen molar-refractivity contribution in [3.8, 4) is 11.5 Å². The van der Waals surface area contributed by atoms with Crippen molar-refractivity contribution in [2.24, 2.45) is 0 Å². The van der Waals surface area contributed by atoms with Crippen molar-refractivity contribution in [2.75, 3.05) is 25.6 Å². The monoisotopic (exact) mass is 368 g/mol. The SMILES string of the molecule is COc1ccc(NC(=O)NCCOc2cc(C)ccc2Cl)cc1Cl. The number of ether oxygens (including phenoxy) is 2. The largest absolute Gasteiger partial charge is 0.495 e. The summed E-state index contributed by atoms with van der Waals surface area (Å²) in [6, 6.07) is 10.2. The first-order valence-electron chi connectivity index (χ1n) is 7.27. The van der Waals surface area contributed by atoms with Gasteiger partial charge in [0.1, 0.15) is 18.1 Å². The summed E-state index contributed by atoms with van der Waals surface area (Å²) in [6.45, 7) is 2.59. The third-order valence-electron chi connectivity index (χ3n) is 3.14. The summed E-state index contributed by atoms with van der Waals surface area (Å²) in [6.07, 6.45) is 0. The van der Waals surface area contributed by atoms with Crippen molar-refractivity contribution in [3.05, 3.63) is 52.0 Å². The lowest BCUT2D eigenvalue weighted by molar-refractivity contribution is 0.247. The van der Waals surface area contributed by atoms with Crippen LogP contribution in [0.5, 0.6) is 11.5 Å². The Morgan fingerprint density at radius 2 is 1.88 bits per heavy atom. The van der Waals surface area contributed by atoms with E-state index in [9.17, 15) is 4.79 Å². The highest BCUT2D eigenvalue weighted by molar-refractivity contribution is 6.32. The number of methoxy groups -OCH3 is 1. The van der Waals surface area contributed by atoms with E-state index in [1.54, 1.807) is 24.3 Å². The minimum Gasteiger partial charge on any atom is -0.495 e. The van der Waals surface area contributed by atoms with Gasteiger partial charge in [-0.1, -0.05) is 29.3 Å². The summed E-state index contributed by atoms with van der Waals surface area (Å²) in [7, 11) is 1.53. The molecule has 24 heavy (non-hydrogen) atoms. The molecule has 2 amide bonds. The fourth-order valence-electron chi connectivity index (χ4n) is 1.97. The Balaban J connectivity index is 1.77. The molecule has 2 rings (SSSR count). The maximum absolute atomic E-state index is 11.8. The highest BCUT2D eigenvalue weighted by Gasteiger charge is 2.06. The number of anilines is 1. The smallest absolute Gasteiger partial charge is 0.319 e. The minimum atomic E-state index is -0.352. The molecule has 2 aromatic rings. The maximum Gasteiger partial charge on any atom is 0.319 e. The number of benzene rings is 2. The highest BCUT2D eigenvalue weighted by atomic mass is 35.5. The van der Waals surface area contributed by atoms with Crippen LogP contribution in [0.4, 0.5) is 10.5 Å². The molecule has 0 bridgehead atoms. The third kappa shape index (κ3) is 5.22. The van der Waals surface area contributed by atoms with Gasteiger partial charge in [0.05, 0.1) is 23.7 Å². The molecule has 0 unspecified atom stereocenters. The number of nitrogens with one attached hydrogen (secondary N) is 2. The fourth-order valence-corrected chi connectivity index (χ4v) is 2.40. The van der Waals surface area contributed by atoms with Crippen LogP contribution >= 0.6 is 23.2 Å². The van der Waals surface area contributed by atoms with Crippen molar-refractivity contribution in [1.82, 2.24) is 5.32 Å². The van der Waals surface area contributed by atoms with Gasteiger partial charge in [0.2, 0.25) is 0 Å². The Bertz CT molecular complexity index is 723. The maximum atomic E-state index is 11.8. The molecule has 0 heterocycles. The second-order valence-electron chi connectivity index (χ2n) is 5.01. The average molecular weight is 369 g/mol. The van der Waals surface area contributed by atoms with E-state index in [4.69, 9.17) is 32.7 Å². The van der Waals surface area contributed by atoms with Crippen LogP contribution < -0.4 is 20.1 Å². The van der Waals surface area contributed by atoms with E-state index in [1.165, 1.54) is 7.11 Å². The normalized spacial score (nSPS) is 10.2. The van der Waals surface area contributed by atoms with Gasteiger partial charge in [0.25, 0.3) is 0 Å². The molecular formula is C17H18Cl2N2O3. The summed E-state index contributed by atoms with van der Waals surface area (Å²) < 4.78 is 10.6. The molecule has 0 spiro atoms. The molecule has 0 fully saturated rings. The van der Waals surface area contributed by atoms with Crippen molar-refractivity contribution in [3.63, 3.8) is 0 Å². The average Bonchev–Trinajstić information content (AvgIpc) is 2.55. The Kier molecular flexibility index (Phi) is 6.58. The first kappa shape index (κ1) is 18.2. The molecule has 2 aromatic carbocycles. The van der Waals surface area contributed by atoms with Crippen molar-refractivity contribution < 1.29 is 14.3 Å². The van der Waals surface area contributed by atoms with E-state index >= 15 is 0 Å². The van der Waals surface area contributed by atoms with E-state index in [0.29, 0.717) is 40.4 Å². The van der Waals surface area contributed by atoms with Crippen LogP contribution in [0.15, 0.2) is 36.4 Å². The van der Waals surface area contributed by atoms with Crippen LogP contribution in [0.1, 0.15) is 5.56 Å². The summed E-state index contributed by atoms with van der Waals surface area (Å²) in [5.74, 6) is 1.15. The van der Waals surface area contributed by atoms with Gasteiger partial charge in [-0.3, -0.25) is 0 Å². The van der Waals surface area contributed by atoms with Gasteiger partial charge in [-0.2, -0.15) is 0 Å². The Labute approximate surface area is 150 Å². The van der Waals surface area contributed by atoms with Crippen LogP contribution in [0.25, 0.3) is 0 Å². The van der Waals surface area contributed by atoms with E-state index in [1.807, 2.05) is 19.1 Å². The van der Waals surface area contributed by atoms with Crippen LogP contribution in [0.3, 0.4) is 0 Å². The Morgan fingerprint density at radius 1 is 1.08 bits per heavy atom. The molecule has 0 aromatic heterocycles. The van der Waals surface area contributed by atoms with E-state index in [-0.39, 0.29) is 6.03 Å². The summed E-state index contributed by atoms with van der Waals surface area (Å²) >= 11 is 12.0. The highest BCUT2D eigenvalue weighted by Crippen LogP contribution is 2.27. The summed E-state index contributed by atoms with van der Waals surface area (Å²) in [5.41, 5.74) is 1.62. The fraction of sp³-hybridized carbons (Fsp3) is 0.235. The van der Waals surface area contributed by atoms with Gasteiger partial charge in [-0.15, -0.1) is 0 Å². The van der Waals surface area contributed by atoms with Gasteiger partial charge in [0.15, 0.2) is 0 Å². The van der Waals surface area contributed by atoms with Crippen molar-refractivity contribution >= 4 is 34.9 Å². The molecule has 128 valence electrons. The van der Waals surface area contributed by atoms with E-state index in [2.05, 4.69) is 10.6 Å². The lowest BCUT2D eigenvalue weighted by atomic mass is 10.2. The summed E-state index contributed by atoms with van der Waals surface area (Å²) in [4.78, 5) is 11.8. The molecule has 0 aliphatic rings. The molecule has 0 aliphatic carbocycles. The standard InChI is InChI=1S/C17H18Cl2N2O3/c1-11-3-5-13(18)16(9-11)24-8-7-20-17(22)21-12-4-6-15(23-2)14(19)10-12/h3-6,9-10H,7-8H2,1-2H3,(H2,20,21,22). The molecular weight excluding hydrogens is 351 g/mol.